The van der Waals surface area contributed by atoms with Gasteiger partial charge in [-0.2, -0.15) is 0 Å². The molecule has 3 aromatic carbocycles. The predicted molar refractivity (Wildman–Crippen MR) is 102 cm³/mol. The van der Waals surface area contributed by atoms with E-state index in [2.05, 4.69) is 0 Å². The van der Waals surface area contributed by atoms with E-state index in [1.807, 2.05) is 24.3 Å². The lowest BCUT2D eigenvalue weighted by atomic mass is 10.0. The molecule has 0 aromatic heterocycles. The molecule has 0 unspecified atom stereocenters. The summed E-state index contributed by atoms with van der Waals surface area (Å²) in [4.78, 5) is 11.0. The van der Waals surface area contributed by atoms with Crippen LogP contribution >= 0.6 is 0 Å². The summed E-state index contributed by atoms with van der Waals surface area (Å²) >= 11 is 0. The van der Waals surface area contributed by atoms with E-state index in [9.17, 15) is 4.79 Å². The molecule has 0 radical (unpaired) electrons. The zero-order chi connectivity index (χ0) is 19.2. The van der Waals surface area contributed by atoms with Gasteiger partial charge in [0.15, 0.2) is 0 Å². The third kappa shape index (κ3) is 4.51. The summed E-state index contributed by atoms with van der Waals surface area (Å²) in [5.41, 5.74) is 8.78. The molecule has 0 aliphatic heterocycles. The highest BCUT2D eigenvalue weighted by Gasteiger charge is 2.12. The molecule has 0 spiro atoms. The number of para-hydroxylation sites is 1. The van der Waals surface area contributed by atoms with Crippen LogP contribution in [-0.2, 0) is 24.4 Å². The Kier molecular flexibility index (Phi) is 5.84. The second-order valence-electron chi connectivity index (χ2n) is 6.15. The number of hydrogen-bond acceptors (Lipinski definition) is 3. The van der Waals surface area contributed by atoms with Crippen molar-refractivity contribution in [3.05, 3.63) is 89.2 Å². The van der Waals surface area contributed by atoms with Crippen molar-refractivity contribution in [2.45, 2.75) is 19.6 Å². The van der Waals surface area contributed by atoms with Crippen LogP contribution in [0.4, 0.5) is 4.39 Å². The van der Waals surface area contributed by atoms with Crippen LogP contribution in [0.15, 0.2) is 66.7 Å². The average Bonchev–Trinajstić information content (AvgIpc) is 2.68. The molecule has 0 amide bonds. The largest absolute Gasteiger partial charge is 0.488 e. The van der Waals surface area contributed by atoms with Gasteiger partial charge in [-0.3, -0.25) is 4.79 Å². The minimum absolute atomic E-state index is 0.00683. The molecule has 0 atom stereocenters. The maximum absolute atomic E-state index is 15.0. The zero-order valence-corrected chi connectivity index (χ0v) is 14.7. The van der Waals surface area contributed by atoms with Gasteiger partial charge in [-0.15, -0.1) is 0 Å². The monoisotopic (exact) mass is 365 g/mol. The summed E-state index contributed by atoms with van der Waals surface area (Å²) in [5.74, 6) is -0.865. The molecule has 138 valence electrons. The number of nitrogens with two attached hydrogens (primary N) is 1. The van der Waals surface area contributed by atoms with E-state index in [0.29, 0.717) is 29.0 Å². The van der Waals surface area contributed by atoms with Crippen molar-refractivity contribution in [2.24, 2.45) is 5.73 Å². The normalized spacial score (nSPS) is 10.6. The number of carboxylic acids is 1. The van der Waals surface area contributed by atoms with Crippen molar-refractivity contribution in [3.63, 3.8) is 0 Å². The van der Waals surface area contributed by atoms with E-state index in [1.54, 1.807) is 42.5 Å². The molecule has 4 nitrogen and oxygen atoms in total. The van der Waals surface area contributed by atoms with Crippen LogP contribution in [-0.4, -0.2) is 11.1 Å². The summed E-state index contributed by atoms with van der Waals surface area (Å²) in [6, 6.07) is 19.5. The van der Waals surface area contributed by atoms with Gasteiger partial charge in [-0.05, 0) is 23.3 Å². The molecule has 27 heavy (non-hydrogen) atoms. The van der Waals surface area contributed by atoms with Gasteiger partial charge in [0.25, 0.3) is 0 Å². The Morgan fingerprint density at radius 1 is 1.00 bits per heavy atom. The molecular formula is C22H20FNO3. The SMILES string of the molecule is NCc1cccc(-c2cccc(COc3ccccc3CC(=O)O)c2F)c1. The van der Waals surface area contributed by atoms with Crippen LogP contribution in [0.1, 0.15) is 16.7 Å². The third-order valence-electron chi connectivity index (χ3n) is 4.25. The summed E-state index contributed by atoms with van der Waals surface area (Å²) in [6.45, 7) is 0.394. The second kappa shape index (κ2) is 8.47. The highest BCUT2D eigenvalue weighted by atomic mass is 19.1. The van der Waals surface area contributed by atoms with Crippen molar-refractivity contribution in [3.8, 4) is 16.9 Å². The lowest BCUT2D eigenvalue weighted by Crippen LogP contribution is -2.05. The number of benzene rings is 3. The highest BCUT2D eigenvalue weighted by Crippen LogP contribution is 2.27. The fourth-order valence-electron chi connectivity index (χ4n) is 2.89. The van der Waals surface area contributed by atoms with E-state index >= 15 is 4.39 Å². The summed E-state index contributed by atoms with van der Waals surface area (Å²) in [6.07, 6.45) is -0.148. The molecule has 5 heteroatoms. The van der Waals surface area contributed by atoms with Gasteiger partial charge in [0.05, 0.1) is 6.42 Å². The highest BCUT2D eigenvalue weighted by molar-refractivity contribution is 5.71. The number of aliphatic carboxylic acids is 1. The fraction of sp³-hybridized carbons (Fsp3) is 0.136. The van der Waals surface area contributed by atoms with Crippen molar-refractivity contribution in [1.82, 2.24) is 0 Å². The number of rotatable bonds is 7. The van der Waals surface area contributed by atoms with Crippen LogP contribution in [0.5, 0.6) is 5.75 Å². The first-order valence-corrected chi connectivity index (χ1v) is 8.57. The molecule has 3 aromatic rings. The van der Waals surface area contributed by atoms with Crippen LogP contribution in [0.3, 0.4) is 0 Å². The van der Waals surface area contributed by atoms with E-state index in [1.165, 1.54) is 0 Å². The molecular weight excluding hydrogens is 345 g/mol. The molecule has 0 saturated heterocycles. The molecule has 0 saturated carbocycles. The van der Waals surface area contributed by atoms with Gasteiger partial charge < -0.3 is 15.6 Å². The lowest BCUT2D eigenvalue weighted by Gasteiger charge is -2.13. The molecule has 0 aliphatic rings. The smallest absolute Gasteiger partial charge is 0.307 e. The maximum Gasteiger partial charge on any atom is 0.307 e. The second-order valence-corrected chi connectivity index (χ2v) is 6.15. The van der Waals surface area contributed by atoms with Crippen molar-refractivity contribution in [2.75, 3.05) is 0 Å². The van der Waals surface area contributed by atoms with Gasteiger partial charge in [0.1, 0.15) is 18.2 Å². The van der Waals surface area contributed by atoms with E-state index in [4.69, 9.17) is 15.6 Å². The zero-order valence-electron chi connectivity index (χ0n) is 14.7. The van der Waals surface area contributed by atoms with Crippen LogP contribution in [0, 0.1) is 5.82 Å². The quantitative estimate of drug-likeness (QED) is 0.659. The van der Waals surface area contributed by atoms with Crippen LogP contribution < -0.4 is 10.5 Å². The number of carboxylic acid groups (broad SMARTS) is 1. The summed E-state index contributed by atoms with van der Waals surface area (Å²) < 4.78 is 20.7. The molecule has 0 heterocycles. The Bertz CT molecular complexity index is 956. The Morgan fingerprint density at radius 2 is 1.74 bits per heavy atom. The lowest BCUT2D eigenvalue weighted by molar-refractivity contribution is -0.136. The maximum atomic E-state index is 15.0. The predicted octanol–water partition coefficient (Wildman–Crippen LogP) is 4.16. The Morgan fingerprint density at radius 3 is 2.52 bits per heavy atom. The number of hydrogen-bond donors (Lipinski definition) is 2. The minimum Gasteiger partial charge on any atom is -0.488 e. The Hall–Kier alpha value is -3.18. The van der Waals surface area contributed by atoms with Gasteiger partial charge in [-0.25, -0.2) is 4.39 Å². The molecule has 0 bridgehead atoms. The minimum atomic E-state index is -0.945. The van der Waals surface area contributed by atoms with Gasteiger partial charge in [-0.1, -0.05) is 54.6 Å². The van der Waals surface area contributed by atoms with Gasteiger partial charge in [0, 0.05) is 23.2 Å². The van der Waals surface area contributed by atoms with E-state index in [0.717, 1.165) is 11.1 Å². The van der Waals surface area contributed by atoms with Crippen molar-refractivity contribution in [1.29, 1.82) is 0 Å². The topological polar surface area (TPSA) is 72.5 Å². The van der Waals surface area contributed by atoms with E-state index in [-0.39, 0.29) is 18.8 Å². The van der Waals surface area contributed by atoms with Crippen molar-refractivity contribution >= 4 is 5.97 Å². The average molecular weight is 365 g/mol. The standard InChI is InChI=1S/C22H20FNO3/c23-22-18(14-27-20-10-2-1-6-17(20)12-21(25)26)8-4-9-19(22)16-7-3-5-15(11-16)13-24/h1-11H,12-14,24H2,(H,25,26). The summed E-state index contributed by atoms with van der Waals surface area (Å²) in [5, 5.41) is 9.00. The molecule has 0 fully saturated rings. The first-order chi connectivity index (χ1) is 13.1. The number of carbonyl (C=O) groups is 1. The Labute approximate surface area is 157 Å². The number of halogens is 1. The van der Waals surface area contributed by atoms with Crippen LogP contribution in [0.25, 0.3) is 11.1 Å². The van der Waals surface area contributed by atoms with E-state index < -0.39 is 5.97 Å². The first kappa shape index (κ1) is 18.6. The van der Waals surface area contributed by atoms with Gasteiger partial charge in [0.2, 0.25) is 0 Å². The first-order valence-electron chi connectivity index (χ1n) is 8.57. The summed E-state index contributed by atoms with van der Waals surface area (Å²) in [7, 11) is 0. The van der Waals surface area contributed by atoms with Gasteiger partial charge >= 0.3 is 5.97 Å². The third-order valence-corrected chi connectivity index (χ3v) is 4.25. The molecule has 3 N–H and O–H groups in total. The fourth-order valence-corrected chi connectivity index (χ4v) is 2.89. The number of ether oxygens (including phenoxy) is 1. The molecule has 0 aliphatic carbocycles. The Balaban J connectivity index is 1.84. The van der Waals surface area contributed by atoms with Crippen molar-refractivity contribution < 1.29 is 19.0 Å². The van der Waals surface area contributed by atoms with Crippen LogP contribution in [0.2, 0.25) is 0 Å². The molecule has 3 rings (SSSR count).